The maximum Gasteiger partial charge on any atom is 0.416 e. The maximum atomic E-state index is 12.8. The van der Waals surface area contributed by atoms with Crippen LogP contribution in [0.15, 0.2) is 23.2 Å². The molecule has 3 rings (SSSR count). The number of aliphatic imine (C=N–C) groups is 1. The molecule has 1 atom stereocenters. The highest BCUT2D eigenvalue weighted by molar-refractivity contribution is 8.15. The third-order valence-electron chi connectivity index (χ3n) is 5.16. The molecule has 1 fully saturated rings. The summed E-state index contributed by atoms with van der Waals surface area (Å²) in [7, 11) is 0. The highest BCUT2D eigenvalue weighted by Crippen LogP contribution is 2.33. The third-order valence-corrected chi connectivity index (χ3v) is 6.64. The van der Waals surface area contributed by atoms with Gasteiger partial charge in [0.25, 0.3) is 5.91 Å². The number of anilines is 1. The largest absolute Gasteiger partial charge is 0.416 e. The van der Waals surface area contributed by atoms with Gasteiger partial charge in [0.05, 0.1) is 21.5 Å². The summed E-state index contributed by atoms with van der Waals surface area (Å²) in [6, 6.07) is 2.33. The van der Waals surface area contributed by atoms with Crippen LogP contribution >= 0.6 is 23.4 Å². The first-order valence-electron chi connectivity index (χ1n) is 10.2. The minimum atomic E-state index is -4.54. The van der Waals surface area contributed by atoms with Crippen molar-refractivity contribution in [2.45, 2.75) is 62.4 Å². The number of benzene rings is 1. The molecule has 3 N–H and O–H groups in total. The van der Waals surface area contributed by atoms with Crippen LogP contribution in [0.25, 0.3) is 0 Å². The summed E-state index contributed by atoms with van der Waals surface area (Å²) in [5, 5.41) is 8.44. The monoisotopic (exact) mass is 476 g/mol. The number of nitrogens with zero attached hydrogens (tertiary/aromatic N) is 1. The van der Waals surface area contributed by atoms with Gasteiger partial charge in [0.1, 0.15) is 0 Å². The summed E-state index contributed by atoms with van der Waals surface area (Å²) in [6.45, 7) is 0.165. The van der Waals surface area contributed by atoms with Gasteiger partial charge < -0.3 is 16.0 Å². The van der Waals surface area contributed by atoms with Gasteiger partial charge in [-0.05, 0) is 37.5 Å². The van der Waals surface area contributed by atoms with Gasteiger partial charge >= 0.3 is 12.2 Å². The van der Waals surface area contributed by atoms with Gasteiger partial charge in [0.15, 0.2) is 5.17 Å². The Morgan fingerprint density at radius 1 is 1.19 bits per heavy atom. The highest BCUT2D eigenvalue weighted by Gasteiger charge is 2.31. The highest BCUT2D eigenvalue weighted by atomic mass is 35.5. The third kappa shape index (κ3) is 7.03. The molecule has 1 saturated carbocycles. The van der Waals surface area contributed by atoms with E-state index in [1.807, 2.05) is 0 Å². The van der Waals surface area contributed by atoms with Crippen molar-refractivity contribution in [2.75, 3.05) is 11.9 Å². The number of thioether (sulfide) groups is 1. The first kappa shape index (κ1) is 23.7. The van der Waals surface area contributed by atoms with Crippen molar-refractivity contribution in [3.63, 3.8) is 0 Å². The van der Waals surface area contributed by atoms with Gasteiger partial charge in [-0.1, -0.05) is 49.0 Å². The van der Waals surface area contributed by atoms with E-state index in [9.17, 15) is 22.8 Å². The molecule has 0 spiro atoms. The maximum absolute atomic E-state index is 12.8. The van der Waals surface area contributed by atoms with Crippen LogP contribution in [0.3, 0.4) is 0 Å². The Bertz CT molecular complexity index is 842. The molecule has 0 aromatic heterocycles. The zero-order valence-electron chi connectivity index (χ0n) is 16.7. The normalized spacial score (nSPS) is 20.2. The number of rotatable bonds is 5. The summed E-state index contributed by atoms with van der Waals surface area (Å²) in [6.07, 6.45) is 2.75. The molecule has 3 amide bonds. The fourth-order valence-electron chi connectivity index (χ4n) is 3.51. The molecule has 6 nitrogen and oxygen atoms in total. The number of carbonyl (C=O) groups excluding carboxylic acids is 2. The summed E-state index contributed by atoms with van der Waals surface area (Å²) >= 11 is 7.23. The van der Waals surface area contributed by atoms with Gasteiger partial charge in [0, 0.05) is 12.6 Å². The predicted molar refractivity (Wildman–Crippen MR) is 117 cm³/mol. The number of nitrogens with one attached hydrogen (secondary N) is 3. The van der Waals surface area contributed by atoms with Gasteiger partial charge in [-0.15, -0.1) is 0 Å². The SMILES string of the molecule is O=C(NCCC1SC(NC2CCCCCC2)=NC1=O)Nc1cc(C(F)(F)F)ccc1Cl. The fourth-order valence-corrected chi connectivity index (χ4v) is 4.71. The quantitative estimate of drug-likeness (QED) is 0.511. The van der Waals surface area contributed by atoms with E-state index < -0.39 is 23.0 Å². The number of halogens is 4. The summed E-state index contributed by atoms with van der Waals surface area (Å²) in [5.41, 5.74) is -1.05. The van der Waals surface area contributed by atoms with E-state index in [1.165, 1.54) is 37.4 Å². The van der Waals surface area contributed by atoms with Gasteiger partial charge in [-0.3, -0.25) is 4.79 Å². The Kier molecular flexibility index (Phi) is 8.10. The smallest absolute Gasteiger partial charge is 0.362 e. The second-order valence-corrected chi connectivity index (χ2v) is 9.16. The molecule has 0 radical (unpaired) electrons. The molecule has 2 aliphatic rings. The van der Waals surface area contributed by atoms with E-state index in [1.54, 1.807) is 0 Å². The molecular formula is C20H24ClF3N4O2S. The van der Waals surface area contributed by atoms with Crippen LogP contribution in [-0.4, -0.2) is 34.9 Å². The predicted octanol–water partition coefficient (Wildman–Crippen LogP) is 5.18. The lowest BCUT2D eigenvalue weighted by Crippen LogP contribution is -2.33. The van der Waals surface area contributed by atoms with Crippen LogP contribution in [0.2, 0.25) is 5.02 Å². The lowest BCUT2D eigenvalue weighted by Gasteiger charge is -2.17. The lowest BCUT2D eigenvalue weighted by molar-refractivity contribution is -0.137. The molecule has 170 valence electrons. The van der Waals surface area contributed by atoms with Crippen molar-refractivity contribution in [3.05, 3.63) is 28.8 Å². The van der Waals surface area contributed by atoms with Crippen molar-refractivity contribution in [2.24, 2.45) is 4.99 Å². The zero-order valence-corrected chi connectivity index (χ0v) is 18.3. The topological polar surface area (TPSA) is 82.6 Å². The second kappa shape index (κ2) is 10.6. The van der Waals surface area contributed by atoms with E-state index in [-0.39, 0.29) is 23.2 Å². The van der Waals surface area contributed by atoms with Crippen molar-refractivity contribution < 1.29 is 22.8 Å². The number of amidine groups is 1. The Morgan fingerprint density at radius 3 is 2.58 bits per heavy atom. The Balaban J connectivity index is 1.43. The van der Waals surface area contributed by atoms with E-state index in [2.05, 4.69) is 20.9 Å². The van der Waals surface area contributed by atoms with Crippen molar-refractivity contribution in [1.82, 2.24) is 10.6 Å². The van der Waals surface area contributed by atoms with E-state index in [4.69, 9.17) is 11.6 Å². The summed E-state index contributed by atoms with van der Waals surface area (Å²) in [5.74, 6) is -0.246. The number of carbonyl (C=O) groups is 2. The lowest BCUT2D eigenvalue weighted by atomic mass is 10.1. The van der Waals surface area contributed by atoms with Gasteiger partial charge in [-0.2, -0.15) is 18.2 Å². The van der Waals surface area contributed by atoms with Crippen LogP contribution in [0.1, 0.15) is 50.5 Å². The number of hydrogen-bond acceptors (Lipinski definition) is 4. The van der Waals surface area contributed by atoms with Gasteiger partial charge in [-0.25, -0.2) is 4.79 Å². The fraction of sp³-hybridized carbons (Fsp3) is 0.550. The van der Waals surface area contributed by atoms with E-state index >= 15 is 0 Å². The minimum Gasteiger partial charge on any atom is -0.362 e. The molecule has 1 aliphatic heterocycles. The van der Waals surface area contributed by atoms with Crippen molar-refractivity contribution in [3.8, 4) is 0 Å². The van der Waals surface area contributed by atoms with Crippen LogP contribution in [-0.2, 0) is 11.0 Å². The van der Waals surface area contributed by atoms with Crippen LogP contribution in [0.4, 0.5) is 23.7 Å². The first-order chi connectivity index (χ1) is 14.7. The molecule has 1 aromatic carbocycles. The zero-order chi connectivity index (χ0) is 22.4. The van der Waals surface area contributed by atoms with Gasteiger partial charge in [0.2, 0.25) is 0 Å². The molecule has 1 heterocycles. The van der Waals surface area contributed by atoms with Crippen LogP contribution in [0, 0.1) is 0 Å². The average Bonchev–Trinajstić information content (AvgIpc) is 2.88. The molecule has 31 heavy (non-hydrogen) atoms. The molecule has 1 aliphatic carbocycles. The standard InChI is InChI=1S/C20H24ClF3N4O2S/c21-14-8-7-12(20(22,23)24)11-15(14)27-18(30)25-10-9-16-17(29)28-19(31-16)26-13-5-3-1-2-4-6-13/h7-8,11,13,16H,1-6,9-10H2,(H2,25,27,30)(H,26,28,29). The van der Waals surface area contributed by atoms with E-state index in [0.717, 1.165) is 31.0 Å². The van der Waals surface area contributed by atoms with Crippen LogP contribution in [0.5, 0.6) is 0 Å². The second-order valence-electron chi connectivity index (χ2n) is 7.56. The molecular weight excluding hydrogens is 453 g/mol. The molecule has 1 aromatic rings. The van der Waals surface area contributed by atoms with Crippen LogP contribution < -0.4 is 16.0 Å². The minimum absolute atomic E-state index is 0.00712. The Morgan fingerprint density at radius 2 is 1.90 bits per heavy atom. The Labute approximate surface area is 187 Å². The molecule has 0 saturated heterocycles. The summed E-state index contributed by atoms with van der Waals surface area (Å²) < 4.78 is 38.5. The Hall–Kier alpha value is -1.94. The van der Waals surface area contributed by atoms with E-state index in [0.29, 0.717) is 17.6 Å². The number of amides is 3. The number of hydrogen-bond donors (Lipinski definition) is 3. The molecule has 0 bridgehead atoms. The molecule has 1 unspecified atom stereocenters. The average molecular weight is 477 g/mol. The molecule has 11 heteroatoms. The first-order valence-corrected chi connectivity index (χ1v) is 11.5. The van der Waals surface area contributed by atoms with Crippen molar-refractivity contribution >= 4 is 46.2 Å². The summed E-state index contributed by atoms with van der Waals surface area (Å²) in [4.78, 5) is 28.3. The number of alkyl halides is 3. The van der Waals surface area contributed by atoms with Crippen molar-refractivity contribution in [1.29, 1.82) is 0 Å². The number of urea groups is 1.